The molecule has 5 nitrogen and oxygen atoms in total. The number of nitrogens with one attached hydrogen (secondary N) is 1. The van der Waals surface area contributed by atoms with E-state index in [4.69, 9.17) is 16.0 Å². The summed E-state index contributed by atoms with van der Waals surface area (Å²) in [5.74, 6) is 0.592. The molecule has 1 N–H and O–H groups in total. The molecule has 0 aliphatic rings. The van der Waals surface area contributed by atoms with Gasteiger partial charge in [0.05, 0.1) is 12.6 Å². The maximum absolute atomic E-state index is 5.92. The molecule has 1 heterocycles. The number of hydrogen-bond donors (Lipinski definition) is 1. The van der Waals surface area contributed by atoms with Gasteiger partial charge < -0.3 is 14.6 Å². The molecule has 1 aromatic carbocycles. The van der Waals surface area contributed by atoms with Gasteiger partial charge in [-0.05, 0) is 24.6 Å². The Hall–Kier alpha value is -1.59. The zero-order valence-electron chi connectivity index (χ0n) is 12.8. The third-order valence-corrected chi connectivity index (χ3v) is 3.60. The van der Waals surface area contributed by atoms with Gasteiger partial charge in [0.25, 0.3) is 0 Å². The minimum absolute atomic E-state index is 0.119. The van der Waals surface area contributed by atoms with Crippen molar-refractivity contribution in [3.63, 3.8) is 0 Å². The lowest BCUT2D eigenvalue weighted by molar-refractivity contribution is 0.444. The van der Waals surface area contributed by atoms with Crippen LogP contribution in [0, 0.1) is 0 Å². The molecule has 1 unspecified atom stereocenters. The predicted molar refractivity (Wildman–Crippen MR) is 84.5 cm³/mol. The first-order chi connectivity index (χ1) is 9.97. The van der Waals surface area contributed by atoms with Crippen LogP contribution in [0.2, 0.25) is 5.02 Å². The summed E-state index contributed by atoms with van der Waals surface area (Å²) >= 11 is 5.92. The van der Waals surface area contributed by atoms with Crippen molar-refractivity contribution in [2.24, 2.45) is 0 Å². The lowest BCUT2D eigenvalue weighted by atomic mass is 10.1. The van der Waals surface area contributed by atoms with Crippen molar-refractivity contribution in [3.8, 4) is 0 Å². The highest BCUT2D eigenvalue weighted by atomic mass is 35.5. The standard InChI is InChI=1S/C15H21ClN4O/c1-10(2)17-9-14-18-19-15(21-14)20(4)11(3)12-5-7-13(16)8-6-12/h5-8,10-11,17H,9H2,1-4H3. The van der Waals surface area contributed by atoms with E-state index in [1.165, 1.54) is 0 Å². The third kappa shape index (κ3) is 4.19. The Bertz CT molecular complexity index is 567. The number of anilines is 1. The summed E-state index contributed by atoms with van der Waals surface area (Å²) in [4.78, 5) is 1.95. The van der Waals surface area contributed by atoms with E-state index >= 15 is 0 Å². The quantitative estimate of drug-likeness (QED) is 0.886. The molecule has 0 bridgehead atoms. The third-order valence-electron chi connectivity index (χ3n) is 3.35. The summed E-state index contributed by atoms with van der Waals surface area (Å²) in [6, 6.07) is 8.78. The van der Waals surface area contributed by atoms with E-state index in [1.807, 2.05) is 36.2 Å². The van der Waals surface area contributed by atoms with Crippen LogP contribution in [-0.2, 0) is 6.54 Å². The highest BCUT2D eigenvalue weighted by Gasteiger charge is 2.18. The van der Waals surface area contributed by atoms with Gasteiger partial charge in [-0.25, -0.2) is 0 Å². The predicted octanol–water partition coefficient (Wildman–Crippen LogP) is 3.42. The second-order valence-electron chi connectivity index (χ2n) is 5.35. The second-order valence-corrected chi connectivity index (χ2v) is 5.79. The van der Waals surface area contributed by atoms with Gasteiger partial charge in [0.1, 0.15) is 0 Å². The highest BCUT2D eigenvalue weighted by molar-refractivity contribution is 6.30. The van der Waals surface area contributed by atoms with E-state index in [0.29, 0.717) is 24.5 Å². The van der Waals surface area contributed by atoms with Crippen LogP contribution in [0.4, 0.5) is 6.01 Å². The summed E-state index contributed by atoms with van der Waals surface area (Å²) in [7, 11) is 1.94. The highest BCUT2D eigenvalue weighted by Crippen LogP contribution is 2.25. The van der Waals surface area contributed by atoms with Gasteiger partial charge in [-0.1, -0.05) is 42.7 Å². The number of aromatic nitrogens is 2. The van der Waals surface area contributed by atoms with Crippen LogP contribution in [0.3, 0.4) is 0 Å². The summed E-state index contributed by atoms with van der Waals surface area (Å²) in [5.41, 5.74) is 1.14. The lowest BCUT2D eigenvalue weighted by Gasteiger charge is -2.23. The summed E-state index contributed by atoms with van der Waals surface area (Å²) in [5, 5.41) is 12.1. The van der Waals surface area contributed by atoms with Crippen molar-refractivity contribution in [3.05, 3.63) is 40.7 Å². The van der Waals surface area contributed by atoms with Crippen molar-refractivity contribution in [1.29, 1.82) is 0 Å². The van der Waals surface area contributed by atoms with Crippen LogP contribution in [0.25, 0.3) is 0 Å². The maximum atomic E-state index is 5.92. The molecule has 0 aliphatic carbocycles. The molecule has 21 heavy (non-hydrogen) atoms. The van der Waals surface area contributed by atoms with Gasteiger partial charge in [-0.15, -0.1) is 5.10 Å². The SMILES string of the molecule is CC(C)NCc1nnc(N(C)C(C)c2ccc(Cl)cc2)o1. The van der Waals surface area contributed by atoms with Crippen LogP contribution in [0.15, 0.2) is 28.7 Å². The first-order valence-electron chi connectivity index (χ1n) is 7.01. The maximum Gasteiger partial charge on any atom is 0.318 e. The molecular weight excluding hydrogens is 288 g/mol. The fourth-order valence-corrected chi connectivity index (χ4v) is 2.01. The van der Waals surface area contributed by atoms with Crippen LogP contribution in [-0.4, -0.2) is 23.3 Å². The van der Waals surface area contributed by atoms with Crippen molar-refractivity contribution >= 4 is 17.6 Å². The van der Waals surface area contributed by atoms with Gasteiger partial charge in [0.15, 0.2) is 0 Å². The molecule has 0 amide bonds. The molecule has 0 spiro atoms. The normalized spacial score (nSPS) is 12.7. The van der Waals surface area contributed by atoms with E-state index in [1.54, 1.807) is 0 Å². The Kier molecular flexibility index (Phi) is 5.20. The number of rotatable bonds is 6. The van der Waals surface area contributed by atoms with E-state index < -0.39 is 0 Å². The monoisotopic (exact) mass is 308 g/mol. The molecule has 1 atom stereocenters. The Labute approximate surface area is 130 Å². The molecule has 0 fully saturated rings. The van der Waals surface area contributed by atoms with Gasteiger partial charge in [-0.3, -0.25) is 0 Å². The van der Waals surface area contributed by atoms with Crippen LogP contribution in [0.1, 0.15) is 38.3 Å². The number of benzene rings is 1. The van der Waals surface area contributed by atoms with E-state index in [0.717, 1.165) is 10.6 Å². The Morgan fingerprint density at radius 2 is 1.86 bits per heavy atom. The first-order valence-corrected chi connectivity index (χ1v) is 7.39. The van der Waals surface area contributed by atoms with Crippen LogP contribution < -0.4 is 10.2 Å². The number of halogens is 1. The fourth-order valence-electron chi connectivity index (χ4n) is 1.88. The molecule has 0 saturated carbocycles. The van der Waals surface area contributed by atoms with Crippen molar-refractivity contribution in [2.45, 2.75) is 39.4 Å². The molecule has 6 heteroatoms. The lowest BCUT2D eigenvalue weighted by Crippen LogP contribution is -2.22. The van der Waals surface area contributed by atoms with Crippen molar-refractivity contribution in [2.75, 3.05) is 11.9 Å². The summed E-state index contributed by atoms with van der Waals surface area (Å²) < 4.78 is 5.68. The average molecular weight is 309 g/mol. The van der Waals surface area contributed by atoms with Gasteiger partial charge >= 0.3 is 6.01 Å². The zero-order chi connectivity index (χ0) is 15.4. The molecule has 0 saturated heterocycles. The molecule has 1 aromatic heterocycles. The van der Waals surface area contributed by atoms with E-state index in [2.05, 4.69) is 36.3 Å². The first kappa shape index (κ1) is 15.8. The Morgan fingerprint density at radius 3 is 2.48 bits per heavy atom. The molecular formula is C15H21ClN4O. The second kappa shape index (κ2) is 6.91. The van der Waals surface area contributed by atoms with Crippen molar-refractivity contribution < 1.29 is 4.42 Å². The van der Waals surface area contributed by atoms with E-state index in [9.17, 15) is 0 Å². The van der Waals surface area contributed by atoms with Crippen molar-refractivity contribution in [1.82, 2.24) is 15.5 Å². The zero-order valence-corrected chi connectivity index (χ0v) is 13.6. The largest absolute Gasteiger partial charge is 0.407 e. The molecule has 114 valence electrons. The number of nitrogens with zero attached hydrogens (tertiary/aromatic N) is 3. The Morgan fingerprint density at radius 1 is 1.19 bits per heavy atom. The molecule has 0 aliphatic heterocycles. The van der Waals surface area contributed by atoms with E-state index in [-0.39, 0.29) is 6.04 Å². The minimum Gasteiger partial charge on any atom is -0.407 e. The summed E-state index contributed by atoms with van der Waals surface area (Å²) in [6.07, 6.45) is 0. The minimum atomic E-state index is 0.119. The average Bonchev–Trinajstić information content (AvgIpc) is 2.93. The Balaban J connectivity index is 2.05. The topological polar surface area (TPSA) is 54.2 Å². The molecule has 2 aromatic rings. The van der Waals surface area contributed by atoms with Crippen LogP contribution in [0.5, 0.6) is 0 Å². The van der Waals surface area contributed by atoms with Crippen LogP contribution >= 0.6 is 11.6 Å². The number of hydrogen-bond acceptors (Lipinski definition) is 5. The van der Waals surface area contributed by atoms with Gasteiger partial charge in [-0.2, -0.15) is 0 Å². The fraction of sp³-hybridized carbons (Fsp3) is 0.467. The molecule has 0 radical (unpaired) electrons. The summed E-state index contributed by atoms with van der Waals surface area (Å²) in [6.45, 7) is 6.81. The van der Waals surface area contributed by atoms with Gasteiger partial charge in [0.2, 0.25) is 5.89 Å². The smallest absolute Gasteiger partial charge is 0.318 e. The molecule has 2 rings (SSSR count). The van der Waals surface area contributed by atoms with Gasteiger partial charge in [0, 0.05) is 18.1 Å².